The monoisotopic (exact) mass is 373 g/mol. The molecule has 26 heavy (non-hydrogen) atoms. The summed E-state index contributed by atoms with van der Waals surface area (Å²) in [6.45, 7) is 1.87. The predicted molar refractivity (Wildman–Crippen MR) is 106 cm³/mol. The molecule has 0 radical (unpaired) electrons. The van der Waals surface area contributed by atoms with Crippen LogP contribution >= 0.6 is 11.8 Å². The number of carbonyl (C=O) groups excluding carboxylic acids is 1. The van der Waals surface area contributed by atoms with Gasteiger partial charge < -0.3 is 4.74 Å². The lowest BCUT2D eigenvalue weighted by Gasteiger charge is -2.22. The second-order valence-electron chi connectivity index (χ2n) is 6.33. The van der Waals surface area contributed by atoms with Gasteiger partial charge in [-0.25, -0.2) is 5.48 Å². The van der Waals surface area contributed by atoms with Gasteiger partial charge in [0.2, 0.25) is 5.91 Å². The van der Waals surface area contributed by atoms with Crippen LogP contribution in [-0.4, -0.2) is 23.5 Å². The molecular formula is C21H27NO3S. The largest absolute Gasteiger partial charge is 0.497 e. The Balaban J connectivity index is 1.92. The van der Waals surface area contributed by atoms with E-state index < -0.39 is 0 Å². The van der Waals surface area contributed by atoms with Crippen LogP contribution in [0.1, 0.15) is 31.7 Å². The number of hydrogen-bond donors (Lipinski definition) is 2. The SMILES string of the molecule is COc1ccc(S[C@H](CCCCc2ccccc2)[C@H](C)C(=O)NO)cc1. The lowest BCUT2D eigenvalue weighted by molar-refractivity contribution is -0.132. The number of unbranched alkanes of at least 4 members (excludes halogenated alkanes) is 1. The number of aryl methyl sites for hydroxylation is 1. The molecule has 0 bridgehead atoms. The topological polar surface area (TPSA) is 58.6 Å². The smallest absolute Gasteiger partial charge is 0.247 e. The third-order valence-corrected chi connectivity index (χ3v) is 5.97. The van der Waals surface area contributed by atoms with E-state index in [0.717, 1.165) is 36.3 Å². The van der Waals surface area contributed by atoms with E-state index in [1.54, 1.807) is 24.4 Å². The van der Waals surface area contributed by atoms with E-state index in [4.69, 9.17) is 9.94 Å². The Morgan fingerprint density at radius 1 is 1.12 bits per heavy atom. The van der Waals surface area contributed by atoms with Crippen molar-refractivity contribution in [3.8, 4) is 5.75 Å². The van der Waals surface area contributed by atoms with E-state index in [1.807, 2.05) is 37.3 Å². The minimum absolute atomic E-state index is 0.103. The molecule has 0 heterocycles. The zero-order valence-electron chi connectivity index (χ0n) is 15.4. The van der Waals surface area contributed by atoms with E-state index in [0.29, 0.717) is 0 Å². The van der Waals surface area contributed by atoms with Crippen LogP contribution in [0.3, 0.4) is 0 Å². The summed E-state index contributed by atoms with van der Waals surface area (Å²) in [5.41, 5.74) is 3.13. The van der Waals surface area contributed by atoms with Crippen molar-refractivity contribution in [2.24, 2.45) is 5.92 Å². The van der Waals surface area contributed by atoms with Crippen molar-refractivity contribution in [1.29, 1.82) is 0 Å². The molecule has 2 aromatic rings. The van der Waals surface area contributed by atoms with Gasteiger partial charge >= 0.3 is 0 Å². The molecule has 0 saturated carbocycles. The van der Waals surface area contributed by atoms with Crippen LogP contribution < -0.4 is 10.2 Å². The van der Waals surface area contributed by atoms with Gasteiger partial charge in [-0.3, -0.25) is 10.0 Å². The van der Waals surface area contributed by atoms with Crippen molar-refractivity contribution in [3.05, 3.63) is 60.2 Å². The Morgan fingerprint density at radius 2 is 1.81 bits per heavy atom. The number of carbonyl (C=O) groups is 1. The summed E-state index contributed by atoms with van der Waals surface area (Å²) in [7, 11) is 1.64. The number of thioether (sulfide) groups is 1. The highest BCUT2D eigenvalue weighted by Gasteiger charge is 2.24. The highest BCUT2D eigenvalue weighted by atomic mass is 32.2. The summed E-state index contributed by atoms with van der Waals surface area (Å²) in [6, 6.07) is 18.3. The lowest BCUT2D eigenvalue weighted by atomic mass is 10.00. The van der Waals surface area contributed by atoms with Crippen molar-refractivity contribution in [1.82, 2.24) is 5.48 Å². The van der Waals surface area contributed by atoms with Crippen LogP contribution in [0.5, 0.6) is 5.75 Å². The van der Waals surface area contributed by atoms with Gasteiger partial charge in [0.25, 0.3) is 0 Å². The van der Waals surface area contributed by atoms with Gasteiger partial charge in [0, 0.05) is 16.1 Å². The number of rotatable bonds is 10. The Labute approximate surface area is 159 Å². The summed E-state index contributed by atoms with van der Waals surface area (Å²) in [5, 5.41) is 9.09. The van der Waals surface area contributed by atoms with Gasteiger partial charge in [-0.2, -0.15) is 0 Å². The molecule has 140 valence electrons. The fraction of sp³-hybridized carbons (Fsp3) is 0.381. The van der Waals surface area contributed by atoms with E-state index in [2.05, 4.69) is 24.3 Å². The summed E-state index contributed by atoms with van der Waals surface area (Å²) in [5.74, 6) is 0.206. The van der Waals surface area contributed by atoms with Crippen molar-refractivity contribution < 1.29 is 14.7 Å². The highest BCUT2D eigenvalue weighted by molar-refractivity contribution is 8.00. The zero-order valence-corrected chi connectivity index (χ0v) is 16.2. The Morgan fingerprint density at radius 3 is 2.42 bits per heavy atom. The van der Waals surface area contributed by atoms with E-state index >= 15 is 0 Å². The molecule has 1 amide bonds. The molecule has 2 N–H and O–H groups in total. The molecule has 2 rings (SSSR count). The van der Waals surface area contributed by atoms with Gasteiger partial charge in [0.05, 0.1) is 7.11 Å². The first-order valence-electron chi connectivity index (χ1n) is 8.92. The third kappa shape index (κ3) is 6.39. The van der Waals surface area contributed by atoms with Crippen molar-refractivity contribution in [2.75, 3.05) is 7.11 Å². The Bertz CT molecular complexity index is 661. The molecule has 0 aromatic heterocycles. The molecule has 0 spiro atoms. The maximum Gasteiger partial charge on any atom is 0.247 e. The first kappa shape index (κ1) is 20.3. The van der Waals surface area contributed by atoms with Crippen molar-refractivity contribution >= 4 is 17.7 Å². The first-order valence-corrected chi connectivity index (χ1v) is 9.80. The number of hydroxylamine groups is 1. The number of hydrogen-bond acceptors (Lipinski definition) is 4. The van der Waals surface area contributed by atoms with Gasteiger partial charge in [0.1, 0.15) is 5.75 Å². The average Bonchev–Trinajstić information content (AvgIpc) is 2.70. The number of nitrogens with one attached hydrogen (secondary N) is 1. The maximum atomic E-state index is 11.9. The van der Waals surface area contributed by atoms with Crippen LogP contribution in [-0.2, 0) is 11.2 Å². The maximum absolute atomic E-state index is 11.9. The quantitative estimate of drug-likeness (QED) is 0.274. The van der Waals surface area contributed by atoms with Gasteiger partial charge in [0.15, 0.2) is 0 Å². The van der Waals surface area contributed by atoms with E-state index in [-0.39, 0.29) is 17.1 Å². The van der Waals surface area contributed by atoms with Crippen LogP contribution in [0, 0.1) is 5.92 Å². The molecule has 0 aliphatic carbocycles. The van der Waals surface area contributed by atoms with Crippen LogP contribution in [0.25, 0.3) is 0 Å². The zero-order chi connectivity index (χ0) is 18.8. The standard InChI is InChI=1S/C21H27NO3S/c1-16(21(23)22-24)20(26-19-14-12-18(25-2)13-15-19)11-7-6-10-17-8-4-3-5-9-17/h3-5,8-9,12-16,20,24H,6-7,10-11H2,1-2H3,(H,22,23)/t16-,20+/m0/s1. The first-order chi connectivity index (χ1) is 12.6. The van der Waals surface area contributed by atoms with Crippen LogP contribution in [0.4, 0.5) is 0 Å². The van der Waals surface area contributed by atoms with Crippen molar-refractivity contribution in [2.45, 2.75) is 42.8 Å². The van der Waals surface area contributed by atoms with E-state index in [1.165, 1.54) is 5.56 Å². The van der Waals surface area contributed by atoms with Gasteiger partial charge in [-0.15, -0.1) is 11.8 Å². The normalized spacial score (nSPS) is 13.0. The number of ether oxygens (including phenoxy) is 1. The molecule has 0 saturated heterocycles. The summed E-state index contributed by atoms with van der Waals surface area (Å²) in [6.07, 6.45) is 4.07. The molecule has 0 aliphatic heterocycles. The molecular weight excluding hydrogens is 346 g/mol. The predicted octanol–water partition coefficient (Wildman–Crippen LogP) is 4.71. The molecule has 4 nitrogen and oxygen atoms in total. The lowest BCUT2D eigenvalue weighted by Crippen LogP contribution is -2.32. The minimum Gasteiger partial charge on any atom is -0.497 e. The number of benzene rings is 2. The van der Waals surface area contributed by atoms with Crippen LogP contribution in [0.15, 0.2) is 59.5 Å². The molecule has 2 aromatic carbocycles. The summed E-state index contributed by atoms with van der Waals surface area (Å²) in [4.78, 5) is 13.0. The number of amides is 1. The average molecular weight is 374 g/mol. The fourth-order valence-corrected chi connectivity index (χ4v) is 4.09. The Hall–Kier alpha value is -1.98. The highest BCUT2D eigenvalue weighted by Crippen LogP contribution is 2.33. The molecule has 0 aliphatic rings. The summed E-state index contributed by atoms with van der Waals surface area (Å²) >= 11 is 1.68. The third-order valence-electron chi connectivity index (χ3n) is 4.48. The van der Waals surface area contributed by atoms with Crippen LogP contribution in [0.2, 0.25) is 0 Å². The van der Waals surface area contributed by atoms with Gasteiger partial charge in [-0.1, -0.05) is 43.7 Å². The minimum atomic E-state index is -0.334. The van der Waals surface area contributed by atoms with E-state index in [9.17, 15) is 4.79 Å². The second-order valence-corrected chi connectivity index (χ2v) is 7.64. The van der Waals surface area contributed by atoms with Crippen molar-refractivity contribution in [3.63, 3.8) is 0 Å². The number of methoxy groups -OCH3 is 1. The second kappa shape index (κ2) is 10.9. The molecule has 0 fully saturated rings. The Kier molecular flexibility index (Phi) is 8.51. The summed E-state index contributed by atoms with van der Waals surface area (Å²) < 4.78 is 5.19. The molecule has 2 atom stereocenters. The van der Waals surface area contributed by atoms with Gasteiger partial charge in [-0.05, 0) is 49.1 Å². The fourth-order valence-electron chi connectivity index (χ4n) is 2.83. The molecule has 5 heteroatoms. The molecule has 0 unspecified atom stereocenters.